The lowest BCUT2D eigenvalue weighted by Crippen LogP contribution is -2.34. The van der Waals surface area contributed by atoms with Crippen LogP contribution in [0.3, 0.4) is 0 Å². The second kappa shape index (κ2) is 5.33. The molecule has 20 heavy (non-hydrogen) atoms. The van der Waals surface area contributed by atoms with Gasteiger partial charge in [0.05, 0.1) is 19.7 Å². The Kier molecular flexibility index (Phi) is 3.75. The average Bonchev–Trinajstić information content (AvgIpc) is 2.70. The number of nitriles is 1. The molecule has 1 aromatic rings. The van der Waals surface area contributed by atoms with Crippen LogP contribution in [0.15, 0.2) is 24.3 Å². The predicted molar refractivity (Wildman–Crippen MR) is 73.3 cm³/mol. The third kappa shape index (κ3) is 2.25. The van der Waals surface area contributed by atoms with E-state index in [2.05, 4.69) is 0 Å². The lowest BCUT2D eigenvalue weighted by atomic mass is 9.83. The van der Waals surface area contributed by atoms with E-state index in [1.54, 1.807) is 38.3 Å². The lowest BCUT2D eigenvalue weighted by Gasteiger charge is -2.21. The molecule has 1 aromatic carbocycles. The molecule has 1 atom stereocenters. The van der Waals surface area contributed by atoms with Crippen molar-refractivity contribution in [3.63, 3.8) is 0 Å². The number of carbonyl (C=O) groups is 2. The van der Waals surface area contributed by atoms with Crippen LogP contribution >= 0.6 is 0 Å². The van der Waals surface area contributed by atoms with E-state index in [9.17, 15) is 9.59 Å². The molecule has 1 amide bonds. The Morgan fingerprint density at radius 1 is 1.35 bits per heavy atom. The molecule has 1 aliphatic rings. The van der Waals surface area contributed by atoms with Crippen LogP contribution in [-0.2, 0) is 9.59 Å². The van der Waals surface area contributed by atoms with Crippen LogP contribution in [0.1, 0.15) is 19.8 Å². The first-order chi connectivity index (χ1) is 9.52. The summed E-state index contributed by atoms with van der Waals surface area (Å²) >= 11 is 0. The summed E-state index contributed by atoms with van der Waals surface area (Å²) in [6.07, 6.45) is 0.470. The van der Waals surface area contributed by atoms with Gasteiger partial charge in [-0.05, 0) is 37.6 Å². The maximum absolute atomic E-state index is 12.5. The second-order valence-electron chi connectivity index (χ2n) is 5.00. The molecule has 5 nitrogen and oxygen atoms in total. The fraction of sp³-hybridized carbons (Fsp3) is 0.400. The third-order valence-electron chi connectivity index (χ3n) is 3.76. The Morgan fingerprint density at radius 2 is 2.00 bits per heavy atom. The van der Waals surface area contributed by atoms with Crippen molar-refractivity contribution >= 4 is 17.4 Å². The van der Waals surface area contributed by atoms with Gasteiger partial charge in [0.15, 0.2) is 5.78 Å². The van der Waals surface area contributed by atoms with Crippen LogP contribution in [0, 0.1) is 16.7 Å². The highest BCUT2D eigenvalue weighted by Gasteiger charge is 2.49. The van der Waals surface area contributed by atoms with Crippen molar-refractivity contribution in [2.24, 2.45) is 5.41 Å². The van der Waals surface area contributed by atoms with Gasteiger partial charge >= 0.3 is 0 Å². The summed E-state index contributed by atoms with van der Waals surface area (Å²) < 4.78 is 5.07. The maximum atomic E-state index is 12.5. The van der Waals surface area contributed by atoms with Crippen molar-refractivity contribution in [3.05, 3.63) is 24.3 Å². The summed E-state index contributed by atoms with van der Waals surface area (Å²) in [6, 6.07) is 8.99. The maximum Gasteiger partial charge on any atom is 0.240 e. The van der Waals surface area contributed by atoms with Gasteiger partial charge in [0, 0.05) is 12.1 Å². The monoisotopic (exact) mass is 272 g/mol. The molecular formula is C15H16N2O3. The summed E-state index contributed by atoms with van der Waals surface area (Å²) in [5.41, 5.74) is -0.403. The average molecular weight is 272 g/mol. The molecule has 0 saturated carbocycles. The molecule has 1 unspecified atom stereocenters. The number of ether oxygens (including phenoxy) is 1. The zero-order valence-electron chi connectivity index (χ0n) is 11.5. The van der Waals surface area contributed by atoms with Crippen LogP contribution in [0.2, 0.25) is 0 Å². The minimum Gasteiger partial charge on any atom is -0.497 e. The summed E-state index contributed by atoms with van der Waals surface area (Å²) in [6.45, 7) is 1.69. The van der Waals surface area contributed by atoms with Gasteiger partial charge < -0.3 is 9.64 Å². The number of hydrogen-bond donors (Lipinski definition) is 0. The van der Waals surface area contributed by atoms with Gasteiger partial charge in [0.1, 0.15) is 11.2 Å². The molecular weight excluding hydrogens is 256 g/mol. The molecule has 1 fully saturated rings. The normalized spacial score (nSPS) is 21.9. The molecule has 1 heterocycles. The molecule has 1 saturated heterocycles. The van der Waals surface area contributed by atoms with E-state index in [0.717, 1.165) is 0 Å². The second-order valence-corrected chi connectivity index (χ2v) is 5.00. The standard InChI is InChI=1S/C15H16N2O3/c1-15(8-3-9-16)13(18)10-17(14(15)19)11-4-6-12(20-2)7-5-11/h4-7H,3,8,10H2,1-2H3. The topological polar surface area (TPSA) is 70.4 Å². The van der Waals surface area contributed by atoms with Crippen molar-refractivity contribution in [1.29, 1.82) is 5.26 Å². The highest BCUT2D eigenvalue weighted by Crippen LogP contribution is 2.36. The lowest BCUT2D eigenvalue weighted by molar-refractivity contribution is -0.133. The van der Waals surface area contributed by atoms with E-state index in [-0.39, 0.29) is 31.1 Å². The molecule has 0 N–H and O–H groups in total. The molecule has 0 radical (unpaired) electrons. The van der Waals surface area contributed by atoms with E-state index in [0.29, 0.717) is 11.4 Å². The molecule has 104 valence electrons. The summed E-state index contributed by atoms with van der Waals surface area (Å²) in [5.74, 6) is 0.329. The number of amides is 1. The Hall–Kier alpha value is -2.35. The fourth-order valence-corrected chi connectivity index (χ4v) is 2.33. The molecule has 0 aromatic heterocycles. The molecule has 0 bridgehead atoms. The minimum absolute atomic E-state index is 0.0626. The van der Waals surface area contributed by atoms with Crippen molar-refractivity contribution in [1.82, 2.24) is 0 Å². The number of hydrogen-bond acceptors (Lipinski definition) is 4. The molecule has 0 spiro atoms. The highest BCUT2D eigenvalue weighted by molar-refractivity contribution is 6.20. The van der Waals surface area contributed by atoms with Crippen molar-refractivity contribution < 1.29 is 14.3 Å². The summed E-state index contributed by atoms with van der Waals surface area (Å²) in [5, 5.41) is 8.65. The predicted octanol–water partition coefficient (Wildman–Crippen LogP) is 1.92. The molecule has 0 aliphatic carbocycles. The van der Waals surface area contributed by atoms with Crippen molar-refractivity contribution in [2.75, 3.05) is 18.6 Å². The first kappa shape index (κ1) is 14.1. The van der Waals surface area contributed by atoms with Gasteiger partial charge in [0.2, 0.25) is 5.91 Å². The number of Topliss-reactive ketones (excluding diaryl/α,β-unsaturated/α-hetero) is 1. The number of methoxy groups -OCH3 is 1. The zero-order valence-corrected chi connectivity index (χ0v) is 11.5. The fourth-order valence-electron chi connectivity index (χ4n) is 2.33. The van der Waals surface area contributed by atoms with Crippen molar-refractivity contribution in [2.45, 2.75) is 19.8 Å². The SMILES string of the molecule is COc1ccc(N2CC(=O)C(C)(CCC#N)C2=O)cc1. The van der Waals surface area contributed by atoms with E-state index in [1.165, 1.54) is 4.90 Å². The smallest absolute Gasteiger partial charge is 0.240 e. The van der Waals surface area contributed by atoms with Crippen LogP contribution in [0.25, 0.3) is 0 Å². The first-order valence-corrected chi connectivity index (χ1v) is 6.39. The Balaban J connectivity index is 2.25. The van der Waals surface area contributed by atoms with E-state index in [1.807, 2.05) is 6.07 Å². The number of anilines is 1. The number of rotatable bonds is 4. The number of benzene rings is 1. The quantitative estimate of drug-likeness (QED) is 0.785. The zero-order chi connectivity index (χ0) is 14.8. The first-order valence-electron chi connectivity index (χ1n) is 6.39. The van der Waals surface area contributed by atoms with Crippen LogP contribution in [0.4, 0.5) is 5.69 Å². The molecule has 5 heteroatoms. The highest BCUT2D eigenvalue weighted by atomic mass is 16.5. The van der Waals surface area contributed by atoms with Crippen molar-refractivity contribution in [3.8, 4) is 11.8 Å². The minimum atomic E-state index is -1.07. The molecule has 1 aliphatic heterocycles. The Bertz CT molecular complexity index is 574. The summed E-state index contributed by atoms with van der Waals surface area (Å²) in [4.78, 5) is 26.1. The molecule has 2 rings (SSSR count). The van der Waals surface area contributed by atoms with Gasteiger partial charge in [-0.2, -0.15) is 5.26 Å². The van der Waals surface area contributed by atoms with Crippen LogP contribution in [0.5, 0.6) is 5.75 Å². The largest absolute Gasteiger partial charge is 0.497 e. The number of carbonyl (C=O) groups excluding carboxylic acids is 2. The number of ketones is 1. The Morgan fingerprint density at radius 3 is 2.55 bits per heavy atom. The van der Waals surface area contributed by atoms with E-state index >= 15 is 0 Å². The summed E-state index contributed by atoms with van der Waals surface area (Å²) in [7, 11) is 1.57. The van der Waals surface area contributed by atoms with E-state index < -0.39 is 5.41 Å². The Labute approximate surface area is 117 Å². The van der Waals surface area contributed by atoms with Gasteiger partial charge in [-0.1, -0.05) is 0 Å². The number of nitrogens with zero attached hydrogens (tertiary/aromatic N) is 2. The third-order valence-corrected chi connectivity index (χ3v) is 3.76. The van der Waals surface area contributed by atoms with Gasteiger partial charge in [-0.3, -0.25) is 9.59 Å². The van der Waals surface area contributed by atoms with Gasteiger partial charge in [-0.25, -0.2) is 0 Å². The van der Waals surface area contributed by atoms with Crippen LogP contribution in [-0.4, -0.2) is 25.3 Å². The van der Waals surface area contributed by atoms with E-state index in [4.69, 9.17) is 10.00 Å². The van der Waals surface area contributed by atoms with Gasteiger partial charge in [-0.15, -0.1) is 0 Å². The van der Waals surface area contributed by atoms with Gasteiger partial charge in [0.25, 0.3) is 0 Å². The van der Waals surface area contributed by atoms with Crippen LogP contribution < -0.4 is 9.64 Å².